The standard InChI is InChI=1S/C4H9BN2O2/c1-7-4(2-3-6)5(8)9/h2-3,8-9H,6H2,1H3/b3-2-,7-4?. The van der Waals surface area contributed by atoms with Crippen LogP contribution in [0.25, 0.3) is 0 Å². The van der Waals surface area contributed by atoms with E-state index in [2.05, 4.69) is 4.99 Å². The monoisotopic (exact) mass is 128 g/mol. The zero-order chi connectivity index (χ0) is 7.28. The molecule has 0 aromatic carbocycles. The fourth-order valence-corrected chi connectivity index (χ4v) is 0.375. The molecule has 0 aromatic heterocycles. The average molecular weight is 128 g/mol. The summed E-state index contributed by atoms with van der Waals surface area (Å²) in [5, 5.41) is 16.9. The summed E-state index contributed by atoms with van der Waals surface area (Å²) in [5.74, 6) is 0. The molecule has 0 saturated carbocycles. The van der Waals surface area contributed by atoms with E-state index in [0.29, 0.717) is 0 Å². The van der Waals surface area contributed by atoms with Gasteiger partial charge in [0.15, 0.2) is 0 Å². The maximum absolute atomic E-state index is 8.46. The molecular weight excluding hydrogens is 119 g/mol. The molecule has 9 heavy (non-hydrogen) atoms. The molecule has 0 bridgehead atoms. The first-order valence-electron chi connectivity index (χ1n) is 2.43. The van der Waals surface area contributed by atoms with Crippen LogP contribution in [0, 0.1) is 0 Å². The molecule has 50 valence electrons. The van der Waals surface area contributed by atoms with Gasteiger partial charge in [0.1, 0.15) is 0 Å². The molecule has 4 nitrogen and oxygen atoms in total. The molecule has 0 radical (unpaired) electrons. The van der Waals surface area contributed by atoms with Crippen LogP contribution in [-0.2, 0) is 0 Å². The largest absolute Gasteiger partial charge is 0.507 e. The minimum absolute atomic E-state index is 0.150. The minimum atomic E-state index is -1.53. The molecule has 0 amide bonds. The highest BCUT2D eigenvalue weighted by molar-refractivity contribution is 6.82. The summed E-state index contributed by atoms with van der Waals surface area (Å²) in [7, 11) is -0.0794. The molecule has 0 unspecified atom stereocenters. The molecule has 5 heteroatoms. The number of allylic oxidation sites excluding steroid dienone is 1. The van der Waals surface area contributed by atoms with Crippen LogP contribution in [0.3, 0.4) is 0 Å². The normalized spacial score (nSPS) is 12.6. The van der Waals surface area contributed by atoms with Gasteiger partial charge in [-0.3, -0.25) is 4.99 Å². The van der Waals surface area contributed by atoms with Crippen LogP contribution >= 0.6 is 0 Å². The predicted molar refractivity (Wildman–Crippen MR) is 36.9 cm³/mol. The van der Waals surface area contributed by atoms with Crippen molar-refractivity contribution in [3.63, 3.8) is 0 Å². The van der Waals surface area contributed by atoms with Gasteiger partial charge in [-0.05, 0) is 12.3 Å². The molecule has 4 N–H and O–H groups in total. The second-order valence-electron chi connectivity index (χ2n) is 1.38. The number of hydrogen-bond acceptors (Lipinski definition) is 4. The van der Waals surface area contributed by atoms with Gasteiger partial charge >= 0.3 is 7.12 Å². The third kappa shape index (κ3) is 2.89. The fraction of sp³-hybridized carbons (Fsp3) is 0.250. The molecule has 0 rings (SSSR count). The lowest BCUT2D eigenvalue weighted by Crippen LogP contribution is -2.23. The third-order valence-electron chi connectivity index (χ3n) is 0.790. The van der Waals surface area contributed by atoms with Crippen LogP contribution in [0.15, 0.2) is 17.3 Å². The Bertz CT molecular complexity index is 133. The van der Waals surface area contributed by atoms with E-state index in [-0.39, 0.29) is 5.61 Å². The van der Waals surface area contributed by atoms with Crippen LogP contribution in [0.1, 0.15) is 0 Å². The Morgan fingerprint density at radius 3 is 2.33 bits per heavy atom. The predicted octanol–water partition coefficient (Wildman–Crippen LogP) is -1.46. The van der Waals surface area contributed by atoms with Crippen LogP contribution in [0.5, 0.6) is 0 Å². The van der Waals surface area contributed by atoms with E-state index in [0.717, 1.165) is 0 Å². The Labute approximate surface area is 53.9 Å². The number of hydrogen-bond donors (Lipinski definition) is 3. The van der Waals surface area contributed by atoms with Gasteiger partial charge in [-0.2, -0.15) is 0 Å². The van der Waals surface area contributed by atoms with Crippen molar-refractivity contribution in [3.8, 4) is 0 Å². The van der Waals surface area contributed by atoms with Gasteiger partial charge < -0.3 is 15.8 Å². The molecule has 0 aliphatic rings. The Kier molecular flexibility index (Phi) is 3.74. The van der Waals surface area contributed by atoms with Crippen LogP contribution in [-0.4, -0.2) is 29.8 Å². The Morgan fingerprint density at radius 2 is 2.22 bits per heavy atom. The maximum atomic E-state index is 8.46. The smallest absolute Gasteiger partial charge is 0.422 e. The molecule has 0 aromatic rings. The summed E-state index contributed by atoms with van der Waals surface area (Å²) in [6, 6.07) is 0. The summed E-state index contributed by atoms with van der Waals surface area (Å²) < 4.78 is 0. The van der Waals surface area contributed by atoms with E-state index < -0.39 is 7.12 Å². The first-order valence-corrected chi connectivity index (χ1v) is 2.43. The van der Waals surface area contributed by atoms with Crippen molar-refractivity contribution in [2.75, 3.05) is 7.05 Å². The van der Waals surface area contributed by atoms with Gasteiger partial charge in [0, 0.05) is 7.05 Å². The number of nitrogens with two attached hydrogens (primary N) is 1. The van der Waals surface area contributed by atoms with E-state index in [1.54, 1.807) is 0 Å². The van der Waals surface area contributed by atoms with E-state index >= 15 is 0 Å². The number of nitrogens with zero attached hydrogens (tertiary/aromatic N) is 1. The average Bonchev–Trinajstić information content (AvgIpc) is 1.82. The number of rotatable bonds is 2. The second kappa shape index (κ2) is 4.11. The first-order chi connectivity index (χ1) is 4.22. The summed E-state index contributed by atoms with van der Waals surface area (Å²) in [6.45, 7) is 0. The summed E-state index contributed by atoms with van der Waals surface area (Å²) in [4.78, 5) is 3.53. The number of aliphatic imine (C=N–C) groups is 1. The quantitative estimate of drug-likeness (QED) is 0.314. The molecule has 0 saturated heterocycles. The highest BCUT2D eigenvalue weighted by Gasteiger charge is 2.11. The third-order valence-corrected chi connectivity index (χ3v) is 0.790. The molecule has 0 heterocycles. The van der Waals surface area contributed by atoms with Crippen LogP contribution in [0.4, 0.5) is 0 Å². The lowest BCUT2D eigenvalue weighted by molar-refractivity contribution is 0.430. The van der Waals surface area contributed by atoms with Crippen molar-refractivity contribution in [2.24, 2.45) is 10.7 Å². The zero-order valence-corrected chi connectivity index (χ0v) is 5.15. The first kappa shape index (κ1) is 8.19. The van der Waals surface area contributed by atoms with E-state index in [1.165, 1.54) is 19.3 Å². The Balaban J connectivity index is 4.01. The van der Waals surface area contributed by atoms with Crippen LogP contribution in [0.2, 0.25) is 0 Å². The molecular formula is C4H9BN2O2. The summed E-state index contributed by atoms with van der Waals surface area (Å²) in [5.41, 5.74) is 5.11. The lowest BCUT2D eigenvalue weighted by atomic mass is 9.83. The lowest BCUT2D eigenvalue weighted by Gasteiger charge is -1.93. The fourth-order valence-electron chi connectivity index (χ4n) is 0.375. The van der Waals surface area contributed by atoms with E-state index in [1.807, 2.05) is 0 Å². The summed E-state index contributed by atoms with van der Waals surface area (Å²) in [6.07, 6.45) is 2.52. The van der Waals surface area contributed by atoms with Gasteiger partial charge in [0.05, 0.1) is 5.61 Å². The topological polar surface area (TPSA) is 78.8 Å². The van der Waals surface area contributed by atoms with Crippen LogP contribution < -0.4 is 5.73 Å². The molecule has 0 aliphatic carbocycles. The van der Waals surface area contributed by atoms with E-state index in [4.69, 9.17) is 15.8 Å². The zero-order valence-electron chi connectivity index (χ0n) is 5.15. The van der Waals surface area contributed by atoms with Gasteiger partial charge in [-0.15, -0.1) is 0 Å². The minimum Gasteiger partial charge on any atom is -0.422 e. The maximum Gasteiger partial charge on any atom is 0.507 e. The van der Waals surface area contributed by atoms with Gasteiger partial charge in [0.25, 0.3) is 0 Å². The van der Waals surface area contributed by atoms with Crippen molar-refractivity contribution in [1.82, 2.24) is 0 Å². The Hall–Kier alpha value is -0.805. The second-order valence-corrected chi connectivity index (χ2v) is 1.38. The summed E-state index contributed by atoms with van der Waals surface area (Å²) >= 11 is 0. The Morgan fingerprint density at radius 1 is 1.67 bits per heavy atom. The molecule has 0 atom stereocenters. The van der Waals surface area contributed by atoms with Crippen molar-refractivity contribution in [1.29, 1.82) is 0 Å². The van der Waals surface area contributed by atoms with Gasteiger partial charge in [-0.25, -0.2) is 0 Å². The van der Waals surface area contributed by atoms with Crippen molar-refractivity contribution in [2.45, 2.75) is 0 Å². The van der Waals surface area contributed by atoms with E-state index in [9.17, 15) is 0 Å². The van der Waals surface area contributed by atoms with Crippen molar-refractivity contribution >= 4 is 12.7 Å². The van der Waals surface area contributed by atoms with Crippen molar-refractivity contribution in [3.05, 3.63) is 12.3 Å². The highest BCUT2D eigenvalue weighted by Crippen LogP contribution is 1.80. The molecule has 0 aliphatic heterocycles. The highest BCUT2D eigenvalue weighted by atomic mass is 16.4. The van der Waals surface area contributed by atoms with Gasteiger partial charge in [0.2, 0.25) is 0 Å². The van der Waals surface area contributed by atoms with Gasteiger partial charge in [-0.1, -0.05) is 0 Å². The molecule has 0 fully saturated rings. The van der Waals surface area contributed by atoms with Crippen molar-refractivity contribution < 1.29 is 10.0 Å². The SMILES string of the molecule is CN=C(/C=C\N)B(O)O. The molecule has 0 spiro atoms.